The molecule has 2 aromatic heterocycles. The third-order valence-electron chi connectivity index (χ3n) is 5.16. The summed E-state index contributed by atoms with van der Waals surface area (Å²) < 4.78 is 9.01. The summed E-state index contributed by atoms with van der Waals surface area (Å²) in [4.78, 5) is 54.7. The second-order valence-electron chi connectivity index (χ2n) is 7.44. The van der Waals surface area contributed by atoms with E-state index in [1.807, 2.05) is 0 Å². The van der Waals surface area contributed by atoms with E-state index in [4.69, 9.17) is 4.74 Å². The van der Waals surface area contributed by atoms with E-state index < -0.39 is 17.2 Å². The molecule has 0 aliphatic heterocycles. The quantitative estimate of drug-likeness (QED) is 0.544. The number of aryl methyl sites for hydroxylation is 2. The highest BCUT2D eigenvalue weighted by Gasteiger charge is 2.28. The van der Waals surface area contributed by atoms with E-state index in [2.05, 4.69) is 4.98 Å². The van der Waals surface area contributed by atoms with Gasteiger partial charge in [-0.25, -0.2) is 9.78 Å². The van der Waals surface area contributed by atoms with Gasteiger partial charge in [0.05, 0.1) is 12.9 Å². The summed E-state index contributed by atoms with van der Waals surface area (Å²) in [7, 11) is 2.99. The zero-order valence-corrected chi connectivity index (χ0v) is 17.1. The Morgan fingerprint density at radius 1 is 1.24 bits per heavy atom. The molecule has 2 heterocycles. The maximum absolute atomic E-state index is 12.6. The number of imidazole rings is 1. The monoisotopic (exact) mass is 405 g/mol. The van der Waals surface area contributed by atoms with Crippen molar-refractivity contribution < 1.29 is 14.3 Å². The molecule has 0 aromatic carbocycles. The molecule has 2 aromatic rings. The molecule has 3 rings (SSSR count). The van der Waals surface area contributed by atoms with Crippen LogP contribution in [-0.4, -0.2) is 55.2 Å². The minimum Gasteiger partial charge on any atom is -0.465 e. The highest BCUT2D eigenvalue weighted by Crippen LogP contribution is 2.30. The molecule has 1 amide bonds. The van der Waals surface area contributed by atoms with Crippen LogP contribution >= 0.6 is 0 Å². The Morgan fingerprint density at radius 2 is 1.97 bits per heavy atom. The van der Waals surface area contributed by atoms with Gasteiger partial charge in [0.2, 0.25) is 5.91 Å². The van der Waals surface area contributed by atoms with Gasteiger partial charge in [-0.3, -0.25) is 23.5 Å². The molecule has 1 aliphatic carbocycles. The Hall–Kier alpha value is -2.91. The number of rotatable bonds is 9. The van der Waals surface area contributed by atoms with Crippen molar-refractivity contribution in [3.05, 3.63) is 27.2 Å². The first-order valence-corrected chi connectivity index (χ1v) is 9.87. The molecular formula is C19H27N5O5. The zero-order chi connectivity index (χ0) is 21.1. The number of hydrogen-bond donors (Lipinski definition) is 0. The fraction of sp³-hybridized carbons (Fsp3) is 0.632. The van der Waals surface area contributed by atoms with Crippen LogP contribution in [0, 0.1) is 5.92 Å². The topological polar surface area (TPSA) is 108 Å². The lowest BCUT2D eigenvalue weighted by molar-refractivity contribution is -0.149. The normalized spacial score (nSPS) is 13.6. The fourth-order valence-corrected chi connectivity index (χ4v) is 3.35. The first-order chi connectivity index (χ1) is 13.8. The Morgan fingerprint density at radius 3 is 2.62 bits per heavy atom. The molecule has 0 atom stereocenters. The van der Waals surface area contributed by atoms with Gasteiger partial charge in [0.1, 0.15) is 6.54 Å². The van der Waals surface area contributed by atoms with E-state index in [-0.39, 0.29) is 25.5 Å². The summed E-state index contributed by atoms with van der Waals surface area (Å²) >= 11 is 0. The molecule has 29 heavy (non-hydrogen) atoms. The van der Waals surface area contributed by atoms with E-state index in [0.717, 1.165) is 17.4 Å². The summed E-state index contributed by atoms with van der Waals surface area (Å²) in [6.45, 7) is 2.98. The molecule has 1 fully saturated rings. The first-order valence-electron chi connectivity index (χ1n) is 9.87. The van der Waals surface area contributed by atoms with Crippen LogP contribution < -0.4 is 11.2 Å². The average Bonchev–Trinajstić information content (AvgIpc) is 3.41. The number of aromatic nitrogens is 4. The van der Waals surface area contributed by atoms with Gasteiger partial charge in [0.15, 0.2) is 11.2 Å². The number of carbonyl (C=O) groups excluding carboxylic acids is 2. The SMILES string of the molecule is CCOC(=O)CN(CC1CC1)C(=O)CCCn1cnc2c1c(=O)n(C)c(=O)n2C. The van der Waals surface area contributed by atoms with Gasteiger partial charge in [-0.1, -0.05) is 0 Å². The average molecular weight is 405 g/mol. The fourth-order valence-electron chi connectivity index (χ4n) is 3.35. The van der Waals surface area contributed by atoms with Crippen molar-refractivity contribution in [2.45, 2.75) is 39.2 Å². The van der Waals surface area contributed by atoms with E-state index in [0.29, 0.717) is 36.6 Å². The molecule has 10 heteroatoms. The predicted octanol–water partition coefficient (Wildman–Crippen LogP) is 0.0156. The summed E-state index contributed by atoms with van der Waals surface area (Å²) in [6.07, 6.45) is 4.40. The Bertz CT molecular complexity index is 1030. The summed E-state index contributed by atoms with van der Waals surface area (Å²) in [5.74, 6) is -0.0310. The Labute approximate surface area is 167 Å². The van der Waals surface area contributed by atoms with Crippen LogP contribution in [0.15, 0.2) is 15.9 Å². The second-order valence-corrected chi connectivity index (χ2v) is 7.44. The van der Waals surface area contributed by atoms with E-state index in [9.17, 15) is 19.2 Å². The number of carbonyl (C=O) groups is 2. The van der Waals surface area contributed by atoms with Crippen molar-refractivity contribution in [2.75, 3.05) is 19.7 Å². The number of fused-ring (bicyclic) bond motifs is 1. The van der Waals surface area contributed by atoms with Crippen LogP contribution in [-0.2, 0) is 35.0 Å². The van der Waals surface area contributed by atoms with E-state index in [1.165, 1.54) is 17.9 Å². The van der Waals surface area contributed by atoms with Crippen molar-refractivity contribution in [3.8, 4) is 0 Å². The number of esters is 1. The van der Waals surface area contributed by atoms with Gasteiger partial charge in [0.25, 0.3) is 5.56 Å². The van der Waals surface area contributed by atoms with Gasteiger partial charge >= 0.3 is 11.7 Å². The minimum absolute atomic E-state index is 0.0279. The van der Waals surface area contributed by atoms with Gasteiger partial charge in [-0.2, -0.15) is 0 Å². The number of ether oxygens (including phenoxy) is 1. The van der Waals surface area contributed by atoms with Gasteiger partial charge in [0, 0.05) is 33.6 Å². The van der Waals surface area contributed by atoms with Gasteiger partial charge < -0.3 is 14.2 Å². The molecule has 0 saturated heterocycles. The van der Waals surface area contributed by atoms with Crippen molar-refractivity contribution >= 4 is 23.0 Å². The molecule has 158 valence electrons. The summed E-state index contributed by atoms with van der Waals surface area (Å²) in [6, 6.07) is 0. The maximum Gasteiger partial charge on any atom is 0.332 e. The van der Waals surface area contributed by atoms with E-state index in [1.54, 1.807) is 23.4 Å². The minimum atomic E-state index is -0.433. The maximum atomic E-state index is 12.6. The molecule has 0 N–H and O–H groups in total. The van der Waals surface area contributed by atoms with Crippen molar-refractivity contribution in [1.82, 2.24) is 23.6 Å². The molecule has 0 bridgehead atoms. The van der Waals surface area contributed by atoms with Crippen LogP contribution in [0.4, 0.5) is 0 Å². The van der Waals surface area contributed by atoms with Crippen molar-refractivity contribution in [2.24, 2.45) is 20.0 Å². The molecule has 1 saturated carbocycles. The zero-order valence-electron chi connectivity index (χ0n) is 17.1. The van der Waals surface area contributed by atoms with Crippen LogP contribution in [0.2, 0.25) is 0 Å². The third-order valence-corrected chi connectivity index (χ3v) is 5.16. The lowest BCUT2D eigenvalue weighted by Crippen LogP contribution is -2.38. The summed E-state index contributed by atoms with van der Waals surface area (Å²) in [5, 5.41) is 0. The second kappa shape index (κ2) is 8.62. The van der Waals surface area contributed by atoms with Crippen molar-refractivity contribution in [1.29, 1.82) is 0 Å². The molecule has 10 nitrogen and oxygen atoms in total. The molecule has 1 aliphatic rings. The first kappa shape index (κ1) is 20.8. The molecule has 0 radical (unpaired) electrons. The lowest BCUT2D eigenvalue weighted by atomic mass is 10.2. The van der Waals surface area contributed by atoms with Crippen LogP contribution in [0.5, 0.6) is 0 Å². The molecular weight excluding hydrogens is 378 g/mol. The Kier molecular flexibility index (Phi) is 6.19. The number of hydrogen-bond acceptors (Lipinski definition) is 6. The third kappa shape index (κ3) is 4.57. The van der Waals surface area contributed by atoms with Crippen LogP contribution in [0.1, 0.15) is 32.6 Å². The van der Waals surface area contributed by atoms with Gasteiger partial charge in [-0.15, -0.1) is 0 Å². The largest absolute Gasteiger partial charge is 0.465 e. The van der Waals surface area contributed by atoms with E-state index >= 15 is 0 Å². The molecule has 0 unspecified atom stereocenters. The predicted molar refractivity (Wildman–Crippen MR) is 105 cm³/mol. The standard InChI is InChI=1S/C19H27N5O5/c1-4-29-15(26)11-24(10-13-7-8-13)14(25)6-5-9-23-12-20-17-16(23)18(27)22(3)19(28)21(17)2/h12-13H,4-11H2,1-3H3. The molecule has 0 spiro atoms. The number of nitrogens with zero attached hydrogens (tertiary/aromatic N) is 5. The lowest BCUT2D eigenvalue weighted by Gasteiger charge is -2.21. The smallest absolute Gasteiger partial charge is 0.332 e. The van der Waals surface area contributed by atoms with Gasteiger partial charge in [-0.05, 0) is 32.1 Å². The highest BCUT2D eigenvalue weighted by atomic mass is 16.5. The van der Waals surface area contributed by atoms with Crippen LogP contribution in [0.3, 0.4) is 0 Å². The number of amides is 1. The van der Waals surface area contributed by atoms with Crippen LogP contribution in [0.25, 0.3) is 11.2 Å². The highest BCUT2D eigenvalue weighted by molar-refractivity contribution is 5.82. The summed E-state index contributed by atoms with van der Waals surface area (Å²) in [5.41, 5.74) is -0.187. The Balaban J connectivity index is 1.66. The van der Waals surface area contributed by atoms with Crippen molar-refractivity contribution in [3.63, 3.8) is 0 Å².